The number of hydrogen-bond acceptors (Lipinski definition) is 12. The summed E-state index contributed by atoms with van der Waals surface area (Å²) in [6.07, 6.45) is 8.60. The van der Waals surface area contributed by atoms with Gasteiger partial charge in [0.05, 0.1) is 37.4 Å². The summed E-state index contributed by atoms with van der Waals surface area (Å²) in [5, 5.41) is 9.41. The van der Waals surface area contributed by atoms with Crippen molar-refractivity contribution in [3.05, 3.63) is 47.7 Å². The van der Waals surface area contributed by atoms with Crippen molar-refractivity contribution in [3.63, 3.8) is 0 Å². The van der Waals surface area contributed by atoms with Crippen LogP contribution in [0.1, 0.15) is 64.9 Å². The summed E-state index contributed by atoms with van der Waals surface area (Å²) >= 11 is 0. The number of aromatic nitrogens is 3. The second kappa shape index (κ2) is 20.2. The number of terminal acetylenes is 1. The molecule has 322 valence electrons. The van der Waals surface area contributed by atoms with E-state index in [-0.39, 0.29) is 89.3 Å². The van der Waals surface area contributed by atoms with E-state index in [1.54, 1.807) is 32.9 Å². The second-order valence-corrected chi connectivity index (χ2v) is 15.7. The van der Waals surface area contributed by atoms with Crippen molar-refractivity contribution in [1.82, 2.24) is 30.6 Å². The summed E-state index contributed by atoms with van der Waals surface area (Å²) in [7, 11) is 1.55. The highest BCUT2D eigenvalue weighted by molar-refractivity contribution is 6.03. The first-order chi connectivity index (χ1) is 28.9. The van der Waals surface area contributed by atoms with Gasteiger partial charge in [-0.1, -0.05) is 12.0 Å². The Bertz CT molecular complexity index is 2200. The molecule has 2 atom stereocenters. The van der Waals surface area contributed by atoms with Gasteiger partial charge in [-0.15, -0.1) is 6.42 Å². The van der Waals surface area contributed by atoms with Gasteiger partial charge in [-0.25, -0.2) is 27.8 Å². The van der Waals surface area contributed by atoms with Crippen LogP contribution in [-0.2, 0) is 14.2 Å². The highest BCUT2D eigenvalue weighted by atomic mass is 19.1. The number of ether oxygens (including phenoxy) is 5. The van der Waals surface area contributed by atoms with Crippen LogP contribution in [0.2, 0.25) is 0 Å². The van der Waals surface area contributed by atoms with Gasteiger partial charge in [0, 0.05) is 50.4 Å². The molecule has 2 aromatic carbocycles. The molecule has 2 N–H and O–H groups in total. The first-order valence-electron chi connectivity index (χ1n) is 20.2. The normalized spacial score (nSPS) is 17.7. The smallest absolute Gasteiger partial charge is 0.429 e. The van der Waals surface area contributed by atoms with Gasteiger partial charge in [-0.05, 0) is 95.3 Å². The van der Waals surface area contributed by atoms with Crippen LogP contribution in [0.4, 0.5) is 28.6 Å². The van der Waals surface area contributed by atoms with Crippen LogP contribution in [0.5, 0.6) is 11.8 Å². The van der Waals surface area contributed by atoms with Crippen molar-refractivity contribution in [2.45, 2.75) is 71.1 Å². The number of carbonyl (C=O) groups is 2. The Balaban J connectivity index is 1.46. The number of carbonyl (C=O) groups excluding carboxylic acids is 2. The minimum atomic E-state index is -1.07. The molecule has 4 aromatic rings. The molecule has 0 bridgehead atoms. The summed E-state index contributed by atoms with van der Waals surface area (Å²) in [4.78, 5) is 40.4. The molecular weight excluding hydrogens is 784 g/mol. The van der Waals surface area contributed by atoms with E-state index in [0.717, 1.165) is 12.8 Å². The lowest BCUT2D eigenvalue weighted by atomic mass is 9.95. The molecule has 2 fully saturated rings. The number of amides is 2. The predicted octanol–water partition coefficient (Wildman–Crippen LogP) is 7.10. The standard InChI is InChI=1S/C43H52F3N7O7/c1-6-31-34(45)13-12-28-22-30(59-41(54)48-15-18-57-20-19-56-5)23-32(35(28)31)37-36(46)38-33(25-49-37)39(52-16-8-7-9-17-53(52)42(55)60-43(2,3)4)51-40(50-38)58-26-27-11-10-14-47-24-29(44)21-27/h1,12-13,22-23,25,27,29,47H,7-11,14-21,24,26H2,2-5H3,(H,48,54)/t27-,29-/m1/s1. The first kappa shape index (κ1) is 44.1. The van der Waals surface area contributed by atoms with E-state index in [2.05, 4.69) is 26.5 Å². The monoisotopic (exact) mass is 835 g/mol. The van der Waals surface area contributed by atoms with Crippen molar-refractivity contribution in [2.24, 2.45) is 5.92 Å². The molecule has 6 rings (SSSR count). The van der Waals surface area contributed by atoms with Gasteiger partial charge >= 0.3 is 18.2 Å². The third-order valence-electron chi connectivity index (χ3n) is 9.99. The Morgan fingerprint density at radius 3 is 2.67 bits per heavy atom. The summed E-state index contributed by atoms with van der Waals surface area (Å²) in [6, 6.07) is 5.25. The van der Waals surface area contributed by atoms with Crippen LogP contribution in [0.25, 0.3) is 32.9 Å². The van der Waals surface area contributed by atoms with E-state index in [0.29, 0.717) is 57.5 Å². The van der Waals surface area contributed by atoms with E-state index < -0.39 is 35.6 Å². The number of benzene rings is 2. The molecule has 0 aliphatic carbocycles. The number of nitrogens with one attached hydrogen (secondary N) is 2. The lowest BCUT2D eigenvalue weighted by molar-refractivity contribution is 0.0232. The first-order valence-corrected chi connectivity index (χ1v) is 20.2. The fourth-order valence-electron chi connectivity index (χ4n) is 7.23. The number of hydrazine groups is 1. The molecule has 2 amide bonds. The Kier molecular flexibility index (Phi) is 14.9. The maximum absolute atomic E-state index is 17.5. The number of pyridine rings is 1. The van der Waals surface area contributed by atoms with Gasteiger partial charge in [-0.3, -0.25) is 9.99 Å². The molecular formula is C43H52F3N7O7. The quantitative estimate of drug-likeness (QED) is 0.111. The number of nitrogens with zero attached hydrogens (tertiary/aromatic N) is 5. The molecule has 2 aliphatic heterocycles. The van der Waals surface area contributed by atoms with Gasteiger partial charge in [0.15, 0.2) is 11.6 Å². The van der Waals surface area contributed by atoms with E-state index in [1.165, 1.54) is 35.5 Å². The third kappa shape index (κ3) is 11.0. The zero-order chi connectivity index (χ0) is 42.8. The van der Waals surface area contributed by atoms with E-state index >= 15 is 8.78 Å². The van der Waals surface area contributed by atoms with Crippen LogP contribution in [0, 0.1) is 29.9 Å². The topological polar surface area (TPSA) is 150 Å². The molecule has 17 heteroatoms. The number of halogens is 3. The lowest BCUT2D eigenvalue weighted by Crippen LogP contribution is -2.49. The Morgan fingerprint density at radius 1 is 1.07 bits per heavy atom. The molecule has 2 saturated heterocycles. The predicted molar refractivity (Wildman–Crippen MR) is 220 cm³/mol. The third-order valence-corrected chi connectivity index (χ3v) is 9.99. The van der Waals surface area contributed by atoms with Crippen molar-refractivity contribution in [1.29, 1.82) is 0 Å². The number of alkyl halides is 1. The average molecular weight is 836 g/mol. The molecule has 0 saturated carbocycles. The summed E-state index contributed by atoms with van der Waals surface area (Å²) < 4.78 is 75.4. The van der Waals surface area contributed by atoms with Crippen LogP contribution in [0.3, 0.4) is 0 Å². The van der Waals surface area contributed by atoms with Crippen LogP contribution < -0.4 is 25.1 Å². The van der Waals surface area contributed by atoms with Crippen LogP contribution in [0.15, 0.2) is 30.5 Å². The molecule has 60 heavy (non-hydrogen) atoms. The van der Waals surface area contributed by atoms with Crippen LogP contribution in [-0.4, -0.2) is 110 Å². The van der Waals surface area contributed by atoms with E-state index in [9.17, 15) is 14.0 Å². The van der Waals surface area contributed by atoms with E-state index in [4.69, 9.17) is 35.1 Å². The largest absolute Gasteiger partial charge is 0.463 e. The van der Waals surface area contributed by atoms with Gasteiger partial charge in [0.1, 0.15) is 34.6 Å². The number of hydrogen-bond donors (Lipinski definition) is 2. The fourth-order valence-corrected chi connectivity index (χ4v) is 7.23. The van der Waals surface area contributed by atoms with Gasteiger partial charge < -0.3 is 34.3 Å². The SMILES string of the molecule is C#Cc1c(F)ccc2cc(OC(=O)NCCOCCOC)cc(-c3ncc4c(N5CCCCCN5C(=O)OC(C)(C)C)nc(OC[C@@H]5CCCNC[C@H](F)C5)nc4c3F)c12. The zero-order valence-corrected chi connectivity index (χ0v) is 34.5. The Hall–Kier alpha value is -5.44. The number of methoxy groups -OCH3 is 1. The highest BCUT2D eigenvalue weighted by Gasteiger charge is 2.32. The molecule has 4 heterocycles. The minimum absolute atomic E-state index is 0.00304. The van der Waals surface area contributed by atoms with Crippen molar-refractivity contribution >= 4 is 39.7 Å². The summed E-state index contributed by atoms with van der Waals surface area (Å²) in [5.74, 6) is 0.685. The second-order valence-electron chi connectivity index (χ2n) is 15.7. The molecule has 0 unspecified atom stereocenters. The summed E-state index contributed by atoms with van der Waals surface area (Å²) in [6.45, 7) is 7.98. The molecule has 2 aliphatic rings. The molecule has 0 radical (unpaired) electrons. The van der Waals surface area contributed by atoms with Crippen LogP contribution >= 0.6 is 0 Å². The van der Waals surface area contributed by atoms with E-state index in [1.807, 2.05) is 0 Å². The van der Waals surface area contributed by atoms with Crippen molar-refractivity contribution in [3.8, 4) is 35.4 Å². The minimum Gasteiger partial charge on any atom is -0.463 e. The zero-order valence-electron chi connectivity index (χ0n) is 34.5. The maximum Gasteiger partial charge on any atom is 0.429 e. The average Bonchev–Trinajstić information content (AvgIpc) is 3.46. The van der Waals surface area contributed by atoms with Gasteiger partial charge in [0.25, 0.3) is 0 Å². The van der Waals surface area contributed by atoms with Gasteiger partial charge in [-0.2, -0.15) is 9.97 Å². The Morgan fingerprint density at radius 2 is 1.88 bits per heavy atom. The molecule has 14 nitrogen and oxygen atoms in total. The number of anilines is 1. The maximum atomic E-state index is 17.5. The molecule has 0 spiro atoms. The summed E-state index contributed by atoms with van der Waals surface area (Å²) in [5.41, 5.74) is -1.44. The number of fused-ring (bicyclic) bond motifs is 2. The van der Waals surface area contributed by atoms with Crippen molar-refractivity contribution in [2.75, 3.05) is 71.3 Å². The lowest BCUT2D eigenvalue weighted by Gasteiger charge is -2.35. The van der Waals surface area contributed by atoms with Crippen molar-refractivity contribution < 1.29 is 46.4 Å². The van der Waals surface area contributed by atoms with Gasteiger partial charge in [0.2, 0.25) is 0 Å². The Labute approximate surface area is 347 Å². The fraction of sp³-hybridized carbons (Fsp3) is 0.512. The molecule has 2 aromatic heterocycles. The highest BCUT2D eigenvalue weighted by Crippen LogP contribution is 2.40. The number of rotatable bonds is 12.